The average molecular weight is 249 g/mol. The van der Waals surface area contributed by atoms with E-state index in [9.17, 15) is 0 Å². The molecule has 3 aliphatic rings. The Balaban J connectivity index is 1.80. The highest BCUT2D eigenvalue weighted by molar-refractivity contribution is 5.65. The second-order valence-corrected chi connectivity index (χ2v) is 5.55. The van der Waals surface area contributed by atoms with Crippen LogP contribution in [0.15, 0.2) is 0 Å². The number of nitrogens with one attached hydrogen (secondary N) is 1. The molecular formula is C13H23N5. The van der Waals surface area contributed by atoms with Gasteiger partial charge in [0.15, 0.2) is 0 Å². The van der Waals surface area contributed by atoms with Crippen LogP contribution < -0.4 is 11.1 Å². The van der Waals surface area contributed by atoms with Gasteiger partial charge in [-0.05, 0) is 45.7 Å². The summed E-state index contributed by atoms with van der Waals surface area (Å²) in [6.45, 7) is 8.63. The average Bonchev–Trinajstić information content (AvgIpc) is 2.68. The molecule has 0 amide bonds. The van der Waals surface area contributed by atoms with Crippen molar-refractivity contribution >= 4 is 11.5 Å². The van der Waals surface area contributed by atoms with E-state index in [1.807, 2.05) is 11.6 Å². The zero-order chi connectivity index (χ0) is 12.7. The van der Waals surface area contributed by atoms with Gasteiger partial charge in [-0.2, -0.15) is 5.10 Å². The molecular weight excluding hydrogens is 226 g/mol. The van der Waals surface area contributed by atoms with Crippen molar-refractivity contribution in [2.75, 3.05) is 30.7 Å². The van der Waals surface area contributed by atoms with Gasteiger partial charge >= 0.3 is 0 Å². The third kappa shape index (κ3) is 1.86. The van der Waals surface area contributed by atoms with Crippen LogP contribution in [0.25, 0.3) is 0 Å². The topological polar surface area (TPSA) is 59.1 Å². The number of nitrogen functional groups attached to an aromatic ring is 1. The van der Waals surface area contributed by atoms with Crippen molar-refractivity contribution in [3.63, 3.8) is 0 Å². The van der Waals surface area contributed by atoms with Crippen LogP contribution in [0.3, 0.4) is 0 Å². The van der Waals surface area contributed by atoms with E-state index in [1.165, 1.54) is 25.9 Å². The number of nitrogens with zero attached hydrogens (tertiary/aromatic N) is 3. The molecule has 0 aromatic carbocycles. The fourth-order valence-corrected chi connectivity index (χ4v) is 3.28. The van der Waals surface area contributed by atoms with Crippen LogP contribution in [0.4, 0.5) is 11.5 Å². The molecule has 3 aliphatic heterocycles. The zero-order valence-electron chi connectivity index (χ0n) is 11.3. The molecule has 3 N–H and O–H groups in total. The standard InChI is InChI=1S/C13H23N5/c1-3-18-13(12(14)9(2)16-18)15-11-8-17-6-4-10(11)5-7-17/h10-11,15H,3-8,14H2,1-2H3. The van der Waals surface area contributed by atoms with Crippen LogP contribution in [-0.4, -0.2) is 40.4 Å². The van der Waals surface area contributed by atoms with Crippen molar-refractivity contribution in [2.24, 2.45) is 5.92 Å². The van der Waals surface area contributed by atoms with Crippen molar-refractivity contribution in [3.8, 4) is 0 Å². The molecule has 0 aliphatic carbocycles. The third-order valence-electron chi connectivity index (χ3n) is 4.45. The Kier molecular flexibility index (Phi) is 2.93. The van der Waals surface area contributed by atoms with Gasteiger partial charge in [0.25, 0.3) is 0 Å². The largest absolute Gasteiger partial charge is 0.394 e. The predicted octanol–water partition coefficient (Wildman–Crippen LogP) is 1.30. The minimum atomic E-state index is 0.538. The summed E-state index contributed by atoms with van der Waals surface area (Å²) in [4.78, 5) is 2.55. The molecule has 5 nitrogen and oxygen atoms in total. The summed E-state index contributed by atoms with van der Waals surface area (Å²) in [6.07, 6.45) is 2.63. The Labute approximate surface area is 108 Å². The Morgan fingerprint density at radius 3 is 2.67 bits per heavy atom. The molecule has 1 aromatic rings. The quantitative estimate of drug-likeness (QED) is 0.847. The van der Waals surface area contributed by atoms with Crippen molar-refractivity contribution < 1.29 is 0 Å². The molecule has 1 atom stereocenters. The van der Waals surface area contributed by atoms with E-state index in [2.05, 4.69) is 22.2 Å². The maximum Gasteiger partial charge on any atom is 0.148 e. The Morgan fingerprint density at radius 2 is 2.11 bits per heavy atom. The highest BCUT2D eigenvalue weighted by Gasteiger charge is 2.34. The van der Waals surface area contributed by atoms with Crippen molar-refractivity contribution in [2.45, 2.75) is 39.3 Å². The van der Waals surface area contributed by atoms with Crippen molar-refractivity contribution in [3.05, 3.63) is 5.69 Å². The second kappa shape index (κ2) is 4.46. The summed E-state index contributed by atoms with van der Waals surface area (Å²) >= 11 is 0. The SMILES string of the molecule is CCn1nc(C)c(N)c1NC1CN2CCC1CC2. The lowest BCUT2D eigenvalue weighted by Gasteiger charge is -2.45. The fourth-order valence-electron chi connectivity index (χ4n) is 3.28. The first kappa shape index (κ1) is 11.8. The molecule has 4 heterocycles. The summed E-state index contributed by atoms with van der Waals surface area (Å²) in [6, 6.07) is 0.538. The smallest absolute Gasteiger partial charge is 0.148 e. The van der Waals surface area contributed by atoms with Crippen LogP contribution in [0.2, 0.25) is 0 Å². The molecule has 4 rings (SSSR count). The highest BCUT2D eigenvalue weighted by atomic mass is 15.3. The first-order valence-electron chi connectivity index (χ1n) is 7.00. The molecule has 3 fully saturated rings. The second-order valence-electron chi connectivity index (χ2n) is 5.55. The Hall–Kier alpha value is -1.23. The van der Waals surface area contributed by atoms with Gasteiger partial charge in [-0.15, -0.1) is 0 Å². The van der Waals surface area contributed by atoms with Crippen LogP contribution >= 0.6 is 0 Å². The van der Waals surface area contributed by atoms with Crippen LogP contribution in [0.1, 0.15) is 25.5 Å². The number of anilines is 2. The van der Waals surface area contributed by atoms with Crippen LogP contribution in [0, 0.1) is 12.8 Å². The summed E-state index contributed by atoms with van der Waals surface area (Å²) in [7, 11) is 0. The number of fused-ring (bicyclic) bond motifs is 3. The molecule has 1 unspecified atom stereocenters. The Bertz CT molecular complexity index is 431. The number of hydrogen-bond acceptors (Lipinski definition) is 4. The van der Waals surface area contributed by atoms with Crippen LogP contribution in [0.5, 0.6) is 0 Å². The van der Waals surface area contributed by atoms with Crippen LogP contribution in [-0.2, 0) is 6.54 Å². The van der Waals surface area contributed by atoms with E-state index < -0.39 is 0 Å². The normalized spacial score (nSPS) is 30.7. The third-order valence-corrected chi connectivity index (χ3v) is 4.45. The van der Waals surface area contributed by atoms with Gasteiger partial charge in [-0.1, -0.05) is 0 Å². The number of nitrogens with two attached hydrogens (primary N) is 1. The van der Waals surface area contributed by atoms with Gasteiger partial charge < -0.3 is 16.0 Å². The molecule has 0 radical (unpaired) electrons. The van der Waals surface area contributed by atoms with Gasteiger partial charge in [-0.3, -0.25) is 0 Å². The monoisotopic (exact) mass is 249 g/mol. The van der Waals surface area contributed by atoms with Crippen molar-refractivity contribution in [1.82, 2.24) is 14.7 Å². The maximum absolute atomic E-state index is 6.13. The highest BCUT2D eigenvalue weighted by Crippen LogP contribution is 2.31. The first-order valence-corrected chi connectivity index (χ1v) is 7.00. The van der Waals surface area contributed by atoms with Gasteiger partial charge in [0.2, 0.25) is 0 Å². The minimum Gasteiger partial charge on any atom is -0.394 e. The van der Waals surface area contributed by atoms with Gasteiger partial charge in [0.05, 0.1) is 11.4 Å². The van der Waals surface area contributed by atoms with E-state index in [1.54, 1.807) is 0 Å². The predicted molar refractivity (Wildman–Crippen MR) is 73.6 cm³/mol. The number of rotatable bonds is 3. The molecule has 0 spiro atoms. The van der Waals surface area contributed by atoms with E-state index in [0.29, 0.717) is 6.04 Å². The molecule has 5 heteroatoms. The van der Waals surface area contributed by atoms with Gasteiger partial charge in [0.1, 0.15) is 5.82 Å². The van der Waals surface area contributed by atoms with E-state index >= 15 is 0 Å². The molecule has 1 aromatic heterocycles. The molecule has 100 valence electrons. The van der Waals surface area contributed by atoms with E-state index in [-0.39, 0.29) is 0 Å². The molecule has 2 bridgehead atoms. The Morgan fingerprint density at radius 1 is 1.39 bits per heavy atom. The zero-order valence-corrected chi connectivity index (χ0v) is 11.3. The lowest BCUT2D eigenvalue weighted by Crippen LogP contribution is -2.53. The summed E-state index contributed by atoms with van der Waals surface area (Å²) in [5, 5.41) is 8.13. The number of piperidine rings is 3. The summed E-state index contributed by atoms with van der Waals surface area (Å²) in [5.41, 5.74) is 7.88. The van der Waals surface area contributed by atoms with Crippen molar-refractivity contribution in [1.29, 1.82) is 0 Å². The minimum absolute atomic E-state index is 0.538. The first-order chi connectivity index (χ1) is 8.69. The molecule has 0 saturated carbocycles. The van der Waals surface area contributed by atoms with E-state index in [0.717, 1.165) is 36.2 Å². The summed E-state index contributed by atoms with van der Waals surface area (Å²) < 4.78 is 1.99. The fraction of sp³-hybridized carbons (Fsp3) is 0.769. The van der Waals surface area contributed by atoms with Gasteiger partial charge in [0, 0.05) is 19.1 Å². The number of aryl methyl sites for hydroxylation is 2. The number of aromatic nitrogens is 2. The van der Waals surface area contributed by atoms with E-state index in [4.69, 9.17) is 5.73 Å². The lowest BCUT2D eigenvalue weighted by molar-refractivity contribution is 0.0972. The molecule has 18 heavy (non-hydrogen) atoms. The number of hydrogen-bond donors (Lipinski definition) is 2. The molecule has 3 saturated heterocycles. The maximum atomic E-state index is 6.13. The lowest BCUT2D eigenvalue weighted by atomic mass is 9.84. The van der Waals surface area contributed by atoms with Gasteiger partial charge in [-0.25, -0.2) is 4.68 Å². The summed E-state index contributed by atoms with van der Waals surface area (Å²) in [5.74, 6) is 1.82.